The van der Waals surface area contributed by atoms with Crippen molar-refractivity contribution in [1.82, 2.24) is 0 Å². The number of hydrogen-bond donors (Lipinski definition) is 2. The van der Waals surface area contributed by atoms with Crippen molar-refractivity contribution in [3.8, 4) is 0 Å². The van der Waals surface area contributed by atoms with Crippen LogP contribution >= 0.6 is 7.82 Å². The number of nitrogens with two attached hydrogens (primary N) is 1. The first-order valence-electron chi connectivity index (χ1n) is 26.3. The molecule has 71 heavy (non-hydrogen) atoms. The number of phosphoric ester groups is 1. The Morgan fingerprint density at radius 2 is 0.761 bits per heavy atom. The minimum absolute atomic E-state index is 0.0265. The van der Waals surface area contributed by atoms with Crippen LogP contribution in [0.5, 0.6) is 0 Å². The summed E-state index contributed by atoms with van der Waals surface area (Å²) in [6, 6.07) is 0. The normalized spacial score (nSPS) is 14.6. The maximum atomic E-state index is 12.7. The number of carbonyl (C=O) groups excluding carboxylic acids is 2. The summed E-state index contributed by atoms with van der Waals surface area (Å²) in [5.41, 5.74) is 5.36. The van der Waals surface area contributed by atoms with E-state index in [0.717, 1.165) is 116 Å². The molecular formula is C61H92NO8P. The molecule has 0 saturated heterocycles. The molecule has 0 spiro atoms. The van der Waals surface area contributed by atoms with E-state index in [2.05, 4.69) is 184 Å². The van der Waals surface area contributed by atoms with Gasteiger partial charge in [0.15, 0.2) is 6.10 Å². The minimum Gasteiger partial charge on any atom is -0.462 e. The molecule has 0 aliphatic carbocycles. The van der Waals surface area contributed by atoms with Crippen molar-refractivity contribution in [2.45, 2.75) is 161 Å². The lowest BCUT2D eigenvalue weighted by Crippen LogP contribution is -2.29. The van der Waals surface area contributed by atoms with Crippen molar-refractivity contribution in [2.24, 2.45) is 5.73 Å². The molecular weight excluding hydrogens is 906 g/mol. The standard InChI is InChI=1S/C61H92NO8P/c1-3-5-7-9-11-13-15-17-19-21-23-24-25-26-27-28-29-30-31-32-33-34-36-38-40-42-44-46-48-50-52-54-61(64)70-59(58-69-71(65,66)68-56-55-62)57-67-60(63)53-51-49-47-45-43-41-39-37-35-22-20-18-16-14-12-10-8-6-4-2/h5-8,11-14,17-20,23-24,26-27,29-30,32-33,35-38,41-44,47,49,59H,3-4,9-10,15-16,21-22,25,28,31,34,39-40,45-46,48,50-58,62H2,1-2H3,(H,65,66)/b7-5-,8-6-,13-11-,14-12-,19-17-,20-18-,24-23-,27-26-,30-29-,33-32-,37-35-,38-36-,43-41-,44-42-,49-47-. The van der Waals surface area contributed by atoms with E-state index < -0.39 is 32.5 Å². The van der Waals surface area contributed by atoms with Crippen LogP contribution in [0.3, 0.4) is 0 Å². The molecule has 0 bridgehead atoms. The van der Waals surface area contributed by atoms with E-state index in [4.69, 9.17) is 24.3 Å². The summed E-state index contributed by atoms with van der Waals surface area (Å²) in [7, 11) is -4.43. The highest BCUT2D eigenvalue weighted by Gasteiger charge is 2.26. The smallest absolute Gasteiger partial charge is 0.462 e. The summed E-state index contributed by atoms with van der Waals surface area (Å²) < 4.78 is 32.8. The van der Waals surface area contributed by atoms with E-state index in [9.17, 15) is 19.0 Å². The summed E-state index contributed by atoms with van der Waals surface area (Å²) in [5, 5.41) is 0. The molecule has 2 atom stereocenters. The number of allylic oxidation sites excluding steroid dienone is 30. The molecule has 394 valence electrons. The number of esters is 2. The predicted octanol–water partition coefficient (Wildman–Crippen LogP) is 16.5. The molecule has 0 saturated carbocycles. The zero-order valence-electron chi connectivity index (χ0n) is 43.6. The Balaban J connectivity index is 4.27. The summed E-state index contributed by atoms with van der Waals surface area (Å²) in [6.45, 7) is 3.34. The number of rotatable bonds is 46. The fourth-order valence-electron chi connectivity index (χ4n) is 6.00. The van der Waals surface area contributed by atoms with E-state index in [-0.39, 0.29) is 32.6 Å². The van der Waals surface area contributed by atoms with Gasteiger partial charge >= 0.3 is 19.8 Å². The van der Waals surface area contributed by atoms with Crippen LogP contribution in [-0.4, -0.2) is 49.3 Å². The average Bonchev–Trinajstić information content (AvgIpc) is 3.36. The first-order chi connectivity index (χ1) is 34.8. The Morgan fingerprint density at radius 1 is 0.423 bits per heavy atom. The van der Waals surface area contributed by atoms with Crippen LogP contribution in [0.1, 0.15) is 155 Å². The van der Waals surface area contributed by atoms with E-state index in [0.29, 0.717) is 12.8 Å². The van der Waals surface area contributed by atoms with E-state index >= 15 is 0 Å². The highest BCUT2D eigenvalue weighted by atomic mass is 31.2. The van der Waals surface area contributed by atoms with E-state index in [1.54, 1.807) is 0 Å². The third kappa shape index (κ3) is 54.3. The van der Waals surface area contributed by atoms with Gasteiger partial charge in [-0.2, -0.15) is 0 Å². The molecule has 0 amide bonds. The highest BCUT2D eigenvalue weighted by molar-refractivity contribution is 7.47. The summed E-state index contributed by atoms with van der Waals surface area (Å²) in [4.78, 5) is 35.0. The SMILES string of the molecule is CC/C=C\C/C=C\C/C=C\C/C=C\C/C=C\C/C=C\C/C=C\C/C=C\C/C=C\CCCCCC(=O)OC(COC(=O)CC/C=C\C/C=C\C/C=C\C/C=C\C/C=C\C/C=C\CC)COP(=O)(O)OCCN. The van der Waals surface area contributed by atoms with E-state index in [1.807, 2.05) is 12.2 Å². The van der Waals surface area contributed by atoms with Crippen molar-refractivity contribution in [3.63, 3.8) is 0 Å². The minimum atomic E-state index is -4.43. The van der Waals surface area contributed by atoms with Gasteiger partial charge in [0, 0.05) is 19.4 Å². The number of ether oxygens (including phenoxy) is 2. The highest BCUT2D eigenvalue weighted by Crippen LogP contribution is 2.43. The number of hydrogen-bond acceptors (Lipinski definition) is 8. The monoisotopic (exact) mass is 998 g/mol. The Morgan fingerprint density at radius 3 is 1.11 bits per heavy atom. The number of carbonyl (C=O) groups is 2. The Labute approximate surface area is 431 Å². The third-order valence-electron chi connectivity index (χ3n) is 9.80. The fraction of sp³-hybridized carbons (Fsp3) is 0.475. The van der Waals surface area contributed by atoms with Gasteiger partial charge in [-0.1, -0.05) is 203 Å². The van der Waals surface area contributed by atoms with Gasteiger partial charge in [0.05, 0.1) is 13.2 Å². The lowest BCUT2D eigenvalue weighted by molar-refractivity contribution is -0.161. The van der Waals surface area contributed by atoms with Crippen LogP contribution < -0.4 is 5.73 Å². The second-order valence-electron chi connectivity index (χ2n) is 16.3. The molecule has 0 aromatic carbocycles. The fourth-order valence-corrected chi connectivity index (χ4v) is 6.77. The molecule has 0 aromatic rings. The first-order valence-corrected chi connectivity index (χ1v) is 27.8. The molecule has 0 radical (unpaired) electrons. The molecule has 0 aliphatic rings. The Bertz CT molecular complexity index is 1800. The molecule has 2 unspecified atom stereocenters. The van der Waals surface area contributed by atoms with Gasteiger partial charge in [0.2, 0.25) is 0 Å². The van der Waals surface area contributed by atoms with E-state index in [1.165, 1.54) is 0 Å². The van der Waals surface area contributed by atoms with Crippen LogP contribution in [0, 0.1) is 0 Å². The van der Waals surface area contributed by atoms with Crippen molar-refractivity contribution < 1.29 is 37.6 Å². The zero-order chi connectivity index (χ0) is 51.7. The van der Waals surface area contributed by atoms with Gasteiger partial charge in [0.1, 0.15) is 6.61 Å². The van der Waals surface area contributed by atoms with Crippen LogP contribution in [0.2, 0.25) is 0 Å². The lowest BCUT2D eigenvalue weighted by Gasteiger charge is -2.19. The molecule has 0 fully saturated rings. The second kappa shape index (κ2) is 54.4. The summed E-state index contributed by atoms with van der Waals surface area (Å²) in [6.07, 6.45) is 82.4. The molecule has 0 rings (SSSR count). The van der Waals surface area contributed by atoms with Crippen LogP contribution in [-0.2, 0) is 32.7 Å². The van der Waals surface area contributed by atoms with Crippen molar-refractivity contribution in [1.29, 1.82) is 0 Å². The molecule has 3 N–H and O–H groups in total. The van der Waals surface area contributed by atoms with Crippen molar-refractivity contribution >= 4 is 19.8 Å². The van der Waals surface area contributed by atoms with Gasteiger partial charge in [-0.05, 0) is 122 Å². The maximum absolute atomic E-state index is 12.7. The van der Waals surface area contributed by atoms with Gasteiger partial charge in [-0.25, -0.2) is 4.57 Å². The second-order valence-corrected chi connectivity index (χ2v) is 17.7. The third-order valence-corrected chi connectivity index (χ3v) is 10.8. The Kier molecular flexibility index (Phi) is 50.7. The average molecular weight is 998 g/mol. The zero-order valence-corrected chi connectivity index (χ0v) is 44.5. The predicted molar refractivity (Wildman–Crippen MR) is 302 cm³/mol. The maximum Gasteiger partial charge on any atom is 0.472 e. The van der Waals surface area contributed by atoms with Crippen LogP contribution in [0.4, 0.5) is 0 Å². The van der Waals surface area contributed by atoms with Gasteiger partial charge in [0.25, 0.3) is 0 Å². The number of unbranched alkanes of at least 4 members (excludes halogenated alkanes) is 3. The largest absolute Gasteiger partial charge is 0.472 e. The quantitative estimate of drug-likeness (QED) is 0.0264. The van der Waals surface area contributed by atoms with Crippen molar-refractivity contribution in [3.05, 3.63) is 182 Å². The first kappa shape index (κ1) is 66.1. The molecule has 0 heterocycles. The number of phosphoric acid groups is 1. The molecule has 0 aromatic heterocycles. The van der Waals surface area contributed by atoms with Gasteiger partial charge in [-0.15, -0.1) is 0 Å². The van der Waals surface area contributed by atoms with Crippen LogP contribution in [0.25, 0.3) is 0 Å². The van der Waals surface area contributed by atoms with Gasteiger partial charge < -0.3 is 20.1 Å². The topological polar surface area (TPSA) is 134 Å². The van der Waals surface area contributed by atoms with Crippen LogP contribution in [0.15, 0.2) is 182 Å². The summed E-state index contributed by atoms with van der Waals surface area (Å²) >= 11 is 0. The molecule has 9 nitrogen and oxygen atoms in total. The van der Waals surface area contributed by atoms with Gasteiger partial charge in [-0.3, -0.25) is 18.6 Å². The molecule has 10 heteroatoms. The Hall–Kier alpha value is -4.89. The summed E-state index contributed by atoms with van der Waals surface area (Å²) in [5.74, 6) is -0.986. The van der Waals surface area contributed by atoms with Crippen molar-refractivity contribution in [2.75, 3.05) is 26.4 Å². The molecule has 0 aliphatic heterocycles. The lowest BCUT2D eigenvalue weighted by atomic mass is 10.1.